The lowest BCUT2D eigenvalue weighted by Crippen LogP contribution is -2.29. The Kier molecular flexibility index (Phi) is 6.03. The van der Waals surface area contributed by atoms with Gasteiger partial charge in [0.15, 0.2) is 0 Å². The number of aromatic nitrogens is 4. The molecule has 0 radical (unpaired) electrons. The van der Waals surface area contributed by atoms with E-state index in [-0.39, 0.29) is 5.91 Å². The number of ether oxygens (including phenoxy) is 1. The van der Waals surface area contributed by atoms with Crippen LogP contribution in [-0.4, -0.2) is 50.6 Å². The van der Waals surface area contributed by atoms with E-state index in [0.717, 1.165) is 16.9 Å². The van der Waals surface area contributed by atoms with Crippen molar-refractivity contribution in [3.05, 3.63) is 65.7 Å². The van der Waals surface area contributed by atoms with Crippen molar-refractivity contribution >= 4 is 5.91 Å². The van der Waals surface area contributed by atoms with Crippen LogP contribution in [0.15, 0.2) is 48.8 Å². The standard InChI is InChI=1S/C20H25N5O2/c1-4-27-13-12-25-19(14-16(2)22-25)20(26)23(3)15-17-6-8-18(9-7-17)24-11-5-10-21-24/h5-11,14H,4,12-13,15H2,1-3H3. The molecule has 1 aromatic carbocycles. The highest BCUT2D eigenvalue weighted by molar-refractivity contribution is 5.92. The summed E-state index contributed by atoms with van der Waals surface area (Å²) in [7, 11) is 1.80. The molecule has 0 aliphatic rings. The van der Waals surface area contributed by atoms with Crippen LogP contribution in [0.1, 0.15) is 28.7 Å². The first kappa shape index (κ1) is 18.8. The van der Waals surface area contributed by atoms with E-state index in [0.29, 0.717) is 32.0 Å². The molecular weight excluding hydrogens is 342 g/mol. The second-order valence-electron chi connectivity index (χ2n) is 6.37. The van der Waals surface area contributed by atoms with E-state index < -0.39 is 0 Å². The number of amides is 1. The molecule has 7 heteroatoms. The maximum absolute atomic E-state index is 12.9. The van der Waals surface area contributed by atoms with Crippen LogP contribution in [-0.2, 0) is 17.8 Å². The molecule has 7 nitrogen and oxygen atoms in total. The van der Waals surface area contributed by atoms with Crippen LogP contribution in [0.5, 0.6) is 0 Å². The first-order valence-corrected chi connectivity index (χ1v) is 9.05. The highest BCUT2D eigenvalue weighted by atomic mass is 16.5. The fraction of sp³-hybridized carbons (Fsp3) is 0.350. The van der Waals surface area contributed by atoms with Gasteiger partial charge in [0, 0.05) is 32.6 Å². The van der Waals surface area contributed by atoms with Crippen molar-refractivity contribution in [1.82, 2.24) is 24.5 Å². The maximum atomic E-state index is 12.9. The zero-order valence-corrected chi connectivity index (χ0v) is 16.0. The van der Waals surface area contributed by atoms with Gasteiger partial charge in [-0.05, 0) is 43.7 Å². The van der Waals surface area contributed by atoms with Crippen molar-refractivity contribution in [3.8, 4) is 5.69 Å². The summed E-state index contributed by atoms with van der Waals surface area (Å²) in [6.07, 6.45) is 3.65. The first-order chi connectivity index (χ1) is 13.1. The Morgan fingerprint density at radius 2 is 2.04 bits per heavy atom. The predicted octanol–water partition coefficient (Wildman–Crippen LogP) is 2.69. The van der Waals surface area contributed by atoms with Gasteiger partial charge in [0.05, 0.1) is 24.5 Å². The Morgan fingerprint density at radius 3 is 2.70 bits per heavy atom. The smallest absolute Gasteiger partial charge is 0.272 e. The molecule has 3 rings (SSSR count). The lowest BCUT2D eigenvalue weighted by molar-refractivity contribution is 0.0767. The monoisotopic (exact) mass is 367 g/mol. The van der Waals surface area contributed by atoms with E-state index in [1.54, 1.807) is 27.5 Å². The molecule has 1 amide bonds. The van der Waals surface area contributed by atoms with Crippen LogP contribution < -0.4 is 0 Å². The van der Waals surface area contributed by atoms with Crippen molar-refractivity contribution in [1.29, 1.82) is 0 Å². The Hall–Kier alpha value is -2.93. The number of hydrogen-bond acceptors (Lipinski definition) is 4. The fourth-order valence-corrected chi connectivity index (χ4v) is 2.90. The summed E-state index contributed by atoms with van der Waals surface area (Å²) in [4.78, 5) is 14.6. The zero-order chi connectivity index (χ0) is 19.2. The average Bonchev–Trinajstić information content (AvgIpc) is 3.32. The highest BCUT2D eigenvalue weighted by Crippen LogP contribution is 2.13. The van der Waals surface area contributed by atoms with Crippen molar-refractivity contribution in [3.63, 3.8) is 0 Å². The number of benzene rings is 1. The molecule has 2 aromatic heterocycles. The zero-order valence-electron chi connectivity index (χ0n) is 16.0. The third kappa shape index (κ3) is 4.62. The molecule has 0 aliphatic carbocycles. The number of carbonyl (C=O) groups is 1. The van der Waals surface area contributed by atoms with E-state index in [1.807, 2.05) is 56.4 Å². The Labute approximate surface area is 159 Å². The number of aryl methyl sites for hydroxylation is 1. The second-order valence-corrected chi connectivity index (χ2v) is 6.37. The second kappa shape index (κ2) is 8.64. The fourth-order valence-electron chi connectivity index (χ4n) is 2.90. The molecule has 142 valence electrons. The molecule has 0 unspecified atom stereocenters. The molecule has 0 N–H and O–H groups in total. The summed E-state index contributed by atoms with van der Waals surface area (Å²) >= 11 is 0. The third-order valence-electron chi connectivity index (χ3n) is 4.24. The Morgan fingerprint density at radius 1 is 1.26 bits per heavy atom. The minimum absolute atomic E-state index is 0.0525. The molecule has 0 atom stereocenters. The summed E-state index contributed by atoms with van der Waals surface area (Å²) in [6.45, 7) is 6.12. The Bertz CT molecular complexity index is 868. The lowest BCUT2D eigenvalue weighted by atomic mass is 10.2. The number of hydrogen-bond donors (Lipinski definition) is 0. The molecular formula is C20H25N5O2. The lowest BCUT2D eigenvalue weighted by Gasteiger charge is -2.18. The van der Waals surface area contributed by atoms with Crippen LogP contribution in [0.25, 0.3) is 5.69 Å². The molecule has 3 aromatic rings. The minimum atomic E-state index is -0.0525. The minimum Gasteiger partial charge on any atom is -0.380 e. The van der Waals surface area contributed by atoms with Crippen LogP contribution in [0.2, 0.25) is 0 Å². The van der Waals surface area contributed by atoms with Crippen molar-refractivity contribution in [2.45, 2.75) is 26.9 Å². The normalized spacial score (nSPS) is 10.9. The SMILES string of the molecule is CCOCCn1nc(C)cc1C(=O)N(C)Cc1ccc(-n2cccn2)cc1. The average molecular weight is 367 g/mol. The van der Waals surface area contributed by atoms with Gasteiger partial charge < -0.3 is 9.64 Å². The molecule has 0 aliphatic heterocycles. The van der Waals surface area contributed by atoms with Crippen molar-refractivity contribution in [2.24, 2.45) is 0 Å². The summed E-state index contributed by atoms with van der Waals surface area (Å²) in [5, 5.41) is 8.63. The van der Waals surface area contributed by atoms with Gasteiger partial charge in [-0.1, -0.05) is 12.1 Å². The molecule has 0 bridgehead atoms. The van der Waals surface area contributed by atoms with Gasteiger partial charge in [0.2, 0.25) is 0 Å². The number of carbonyl (C=O) groups excluding carboxylic acids is 1. The van der Waals surface area contributed by atoms with Crippen molar-refractivity contribution < 1.29 is 9.53 Å². The summed E-state index contributed by atoms with van der Waals surface area (Å²) < 4.78 is 8.92. The van der Waals surface area contributed by atoms with E-state index in [2.05, 4.69) is 10.2 Å². The predicted molar refractivity (Wildman–Crippen MR) is 103 cm³/mol. The van der Waals surface area contributed by atoms with Crippen LogP contribution in [0, 0.1) is 6.92 Å². The van der Waals surface area contributed by atoms with Crippen LogP contribution in [0.3, 0.4) is 0 Å². The maximum Gasteiger partial charge on any atom is 0.272 e. The van der Waals surface area contributed by atoms with Gasteiger partial charge >= 0.3 is 0 Å². The number of nitrogens with zero attached hydrogens (tertiary/aromatic N) is 5. The van der Waals surface area contributed by atoms with Gasteiger partial charge in [-0.15, -0.1) is 0 Å². The molecule has 0 saturated heterocycles. The van der Waals surface area contributed by atoms with E-state index in [9.17, 15) is 4.79 Å². The van der Waals surface area contributed by atoms with Gasteiger partial charge in [-0.3, -0.25) is 9.48 Å². The molecule has 0 fully saturated rings. The quantitative estimate of drug-likeness (QED) is 0.574. The molecule has 27 heavy (non-hydrogen) atoms. The molecule has 0 spiro atoms. The van der Waals surface area contributed by atoms with E-state index in [1.165, 1.54) is 0 Å². The summed E-state index contributed by atoms with van der Waals surface area (Å²) in [6, 6.07) is 11.7. The Balaban J connectivity index is 1.67. The van der Waals surface area contributed by atoms with Gasteiger partial charge in [0.1, 0.15) is 5.69 Å². The van der Waals surface area contributed by atoms with E-state index >= 15 is 0 Å². The van der Waals surface area contributed by atoms with Crippen molar-refractivity contribution in [2.75, 3.05) is 20.3 Å². The van der Waals surface area contributed by atoms with Crippen LogP contribution >= 0.6 is 0 Å². The topological polar surface area (TPSA) is 65.2 Å². The van der Waals surface area contributed by atoms with Crippen LogP contribution in [0.4, 0.5) is 0 Å². The third-order valence-corrected chi connectivity index (χ3v) is 4.24. The van der Waals surface area contributed by atoms with Gasteiger partial charge in [0.25, 0.3) is 5.91 Å². The summed E-state index contributed by atoms with van der Waals surface area (Å²) in [5.41, 5.74) is 3.45. The van der Waals surface area contributed by atoms with Gasteiger partial charge in [-0.2, -0.15) is 10.2 Å². The highest BCUT2D eigenvalue weighted by Gasteiger charge is 2.18. The number of rotatable bonds is 8. The molecule has 2 heterocycles. The first-order valence-electron chi connectivity index (χ1n) is 9.05. The van der Waals surface area contributed by atoms with Gasteiger partial charge in [-0.25, -0.2) is 4.68 Å². The molecule has 0 saturated carbocycles. The van der Waals surface area contributed by atoms with E-state index in [4.69, 9.17) is 4.74 Å². The summed E-state index contributed by atoms with van der Waals surface area (Å²) in [5.74, 6) is -0.0525. The largest absolute Gasteiger partial charge is 0.380 e.